The Balaban J connectivity index is 3.53. The number of aromatic carboxylic acids is 1. The van der Waals surface area contributed by atoms with Gasteiger partial charge in [0.25, 0.3) is 0 Å². The second-order valence-electron chi connectivity index (χ2n) is 4.92. The van der Waals surface area contributed by atoms with Gasteiger partial charge in [-0.1, -0.05) is 13.8 Å². The van der Waals surface area contributed by atoms with E-state index in [9.17, 15) is 26.4 Å². The van der Waals surface area contributed by atoms with Crippen molar-refractivity contribution in [2.24, 2.45) is 0 Å². The predicted octanol–water partition coefficient (Wildman–Crippen LogP) is 3.21. The summed E-state index contributed by atoms with van der Waals surface area (Å²) in [6, 6.07) is 1.92. The smallest absolute Gasteiger partial charge is 0.417 e. The van der Waals surface area contributed by atoms with Crippen LogP contribution in [0.15, 0.2) is 23.1 Å². The molecule has 0 heterocycles. The fraction of sp³-hybridized carbons (Fsp3) is 0.500. The molecule has 5 nitrogen and oxygen atoms in total. The van der Waals surface area contributed by atoms with Gasteiger partial charge in [0.2, 0.25) is 10.0 Å². The Morgan fingerprint density at radius 1 is 1.17 bits per heavy atom. The number of carboxylic acids is 1. The lowest BCUT2D eigenvalue weighted by molar-refractivity contribution is -0.139. The van der Waals surface area contributed by atoms with Crippen molar-refractivity contribution >= 4 is 16.0 Å². The standard InChI is InChI=1S/C14H18F3NO4S/c1-3-7-18(8-4-2)23(21,22)12-6-5-10(13(19)20)9-11(12)14(15,16)17/h5-6,9H,3-4,7-8H2,1-2H3,(H,19,20). The van der Waals surface area contributed by atoms with Crippen LogP contribution in [0.3, 0.4) is 0 Å². The first-order valence-corrected chi connectivity index (χ1v) is 8.44. The molecule has 23 heavy (non-hydrogen) atoms. The Kier molecular flexibility index (Phi) is 6.18. The summed E-state index contributed by atoms with van der Waals surface area (Å²) in [4.78, 5) is 9.93. The molecule has 0 aromatic heterocycles. The van der Waals surface area contributed by atoms with Crippen LogP contribution in [-0.2, 0) is 16.2 Å². The molecule has 0 aliphatic heterocycles. The van der Waals surface area contributed by atoms with E-state index in [1.165, 1.54) is 0 Å². The molecule has 0 aliphatic rings. The summed E-state index contributed by atoms with van der Waals surface area (Å²) in [5.41, 5.74) is -2.08. The number of benzene rings is 1. The molecular formula is C14H18F3NO4S. The molecule has 0 fully saturated rings. The van der Waals surface area contributed by atoms with E-state index in [1.54, 1.807) is 13.8 Å². The Bertz CT molecular complexity index is 665. The molecule has 130 valence electrons. The minimum Gasteiger partial charge on any atom is -0.478 e. The molecule has 0 aliphatic carbocycles. The van der Waals surface area contributed by atoms with Gasteiger partial charge in [0, 0.05) is 13.1 Å². The minimum atomic E-state index is -4.97. The van der Waals surface area contributed by atoms with E-state index in [2.05, 4.69) is 0 Å². The number of nitrogens with zero attached hydrogens (tertiary/aromatic N) is 1. The molecule has 9 heteroatoms. The summed E-state index contributed by atoms with van der Waals surface area (Å²) in [6.07, 6.45) is -4.07. The lowest BCUT2D eigenvalue weighted by Crippen LogP contribution is -2.34. The molecular weight excluding hydrogens is 335 g/mol. The third-order valence-corrected chi connectivity index (χ3v) is 5.05. The molecule has 0 bridgehead atoms. The molecule has 0 amide bonds. The lowest BCUT2D eigenvalue weighted by Gasteiger charge is -2.23. The number of hydrogen-bond acceptors (Lipinski definition) is 3. The SMILES string of the molecule is CCCN(CCC)S(=O)(=O)c1ccc(C(=O)O)cc1C(F)(F)F. The molecule has 0 spiro atoms. The number of halogens is 3. The fourth-order valence-corrected chi connectivity index (χ4v) is 3.92. The number of sulfonamides is 1. The van der Waals surface area contributed by atoms with E-state index in [-0.39, 0.29) is 13.1 Å². The molecule has 0 saturated carbocycles. The van der Waals surface area contributed by atoms with Crippen LogP contribution in [0.5, 0.6) is 0 Å². The van der Waals surface area contributed by atoms with Crippen molar-refractivity contribution in [3.05, 3.63) is 29.3 Å². The number of alkyl halides is 3. The predicted molar refractivity (Wildman–Crippen MR) is 77.7 cm³/mol. The molecule has 1 N–H and O–H groups in total. The Morgan fingerprint density at radius 2 is 1.70 bits per heavy atom. The van der Waals surface area contributed by atoms with Crippen molar-refractivity contribution < 1.29 is 31.5 Å². The Morgan fingerprint density at radius 3 is 2.09 bits per heavy atom. The normalized spacial score (nSPS) is 12.6. The van der Waals surface area contributed by atoms with Gasteiger partial charge in [-0.25, -0.2) is 13.2 Å². The molecule has 0 radical (unpaired) electrons. The highest BCUT2D eigenvalue weighted by Gasteiger charge is 2.39. The Hall–Kier alpha value is -1.61. The lowest BCUT2D eigenvalue weighted by atomic mass is 10.1. The number of hydrogen-bond donors (Lipinski definition) is 1. The van der Waals surface area contributed by atoms with Crippen LogP contribution in [0.1, 0.15) is 42.6 Å². The molecule has 0 unspecified atom stereocenters. The highest BCUT2D eigenvalue weighted by molar-refractivity contribution is 7.89. The van der Waals surface area contributed by atoms with Gasteiger partial charge in [-0.05, 0) is 31.0 Å². The van der Waals surface area contributed by atoms with Crippen LogP contribution in [-0.4, -0.2) is 36.9 Å². The van der Waals surface area contributed by atoms with Crippen LogP contribution in [0.25, 0.3) is 0 Å². The van der Waals surface area contributed by atoms with Gasteiger partial charge < -0.3 is 5.11 Å². The maximum absolute atomic E-state index is 13.2. The van der Waals surface area contributed by atoms with Gasteiger partial charge in [-0.3, -0.25) is 0 Å². The average Bonchev–Trinajstić information content (AvgIpc) is 2.45. The second kappa shape index (κ2) is 7.31. The number of rotatable bonds is 7. The third-order valence-electron chi connectivity index (χ3n) is 3.10. The first-order valence-electron chi connectivity index (χ1n) is 7.00. The van der Waals surface area contributed by atoms with Crippen LogP contribution in [0.4, 0.5) is 13.2 Å². The first-order chi connectivity index (χ1) is 10.6. The van der Waals surface area contributed by atoms with Crippen molar-refractivity contribution in [2.75, 3.05) is 13.1 Å². The fourth-order valence-electron chi connectivity index (χ4n) is 2.10. The summed E-state index contributed by atoms with van der Waals surface area (Å²) < 4.78 is 65.6. The van der Waals surface area contributed by atoms with Crippen molar-refractivity contribution in [2.45, 2.75) is 37.8 Å². The van der Waals surface area contributed by atoms with Crippen LogP contribution < -0.4 is 0 Å². The topological polar surface area (TPSA) is 74.7 Å². The number of carboxylic acid groups (broad SMARTS) is 1. The number of carbonyl (C=O) groups is 1. The highest BCUT2D eigenvalue weighted by Crippen LogP contribution is 2.36. The van der Waals surface area contributed by atoms with E-state index in [0.717, 1.165) is 10.4 Å². The monoisotopic (exact) mass is 353 g/mol. The zero-order valence-electron chi connectivity index (χ0n) is 12.7. The van der Waals surface area contributed by atoms with E-state index in [4.69, 9.17) is 5.11 Å². The summed E-state index contributed by atoms with van der Waals surface area (Å²) in [5.74, 6) is -1.56. The van der Waals surface area contributed by atoms with Crippen molar-refractivity contribution in [3.8, 4) is 0 Å². The minimum absolute atomic E-state index is 0.0914. The van der Waals surface area contributed by atoms with Gasteiger partial charge in [0.05, 0.1) is 16.0 Å². The van der Waals surface area contributed by atoms with Crippen LogP contribution >= 0.6 is 0 Å². The average molecular weight is 353 g/mol. The molecule has 1 aromatic rings. The van der Waals surface area contributed by atoms with Crippen molar-refractivity contribution in [1.29, 1.82) is 0 Å². The zero-order valence-corrected chi connectivity index (χ0v) is 13.5. The van der Waals surface area contributed by atoms with E-state index >= 15 is 0 Å². The molecule has 1 aromatic carbocycles. The summed E-state index contributed by atoms with van der Waals surface area (Å²) >= 11 is 0. The molecule has 0 saturated heterocycles. The maximum Gasteiger partial charge on any atom is 0.417 e. The highest BCUT2D eigenvalue weighted by atomic mass is 32.2. The first kappa shape index (κ1) is 19.4. The van der Waals surface area contributed by atoms with E-state index in [0.29, 0.717) is 25.0 Å². The van der Waals surface area contributed by atoms with Gasteiger partial charge in [-0.15, -0.1) is 0 Å². The van der Waals surface area contributed by atoms with Crippen molar-refractivity contribution in [3.63, 3.8) is 0 Å². The summed E-state index contributed by atoms with van der Waals surface area (Å²) in [7, 11) is -4.36. The Labute approximate surface area is 132 Å². The molecule has 1 rings (SSSR count). The van der Waals surface area contributed by atoms with Gasteiger partial charge in [0.15, 0.2) is 0 Å². The van der Waals surface area contributed by atoms with Crippen molar-refractivity contribution in [1.82, 2.24) is 4.31 Å². The van der Waals surface area contributed by atoms with Crippen LogP contribution in [0.2, 0.25) is 0 Å². The zero-order chi connectivity index (χ0) is 17.8. The van der Waals surface area contributed by atoms with Crippen LogP contribution in [0, 0.1) is 0 Å². The van der Waals surface area contributed by atoms with E-state index in [1.807, 2.05) is 0 Å². The largest absolute Gasteiger partial charge is 0.478 e. The molecule has 0 atom stereocenters. The van der Waals surface area contributed by atoms with Gasteiger partial charge in [0.1, 0.15) is 0 Å². The van der Waals surface area contributed by atoms with E-state index < -0.39 is 38.2 Å². The quantitative estimate of drug-likeness (QED) is 0.817. The third kappa shape index (κ3) is 4.44. The second-order valence-corrected chi connectivity index (χ2v) is 6.82. The van der Waals surface area contributed by atoms with Gasteiger partial charge in [-0.2, -0.15) is 17.5 Å². The summed E-state index contributed by atoms with van der Waals surface area (Å²) in [6.45, 7) is 3.62. The summed E-state index contributed by atoms with van der Waals surface area (Å²) in [5, 5.41) is 8.82. The maximum atomic E-state index is 13.2. The van der Waals surface area contributed by atoms with Gasteiger partial charge >= 0.3 is 12.1 Å².